The molecule has 14 nitrogen and oxygen atoms in total. The summed E-state index contributed by atoms with van der Waals surface area (Å²) in [5.74, 6) is -3.44. The average molecular weight is 674 g/mol. The van der Waals surface area contributed by atoms with Gasteiger partial charge < -0.3 is 30.7 Å². The summed E-state index contributed by atoms with van der Waals surface area (Å²) >= 11 is 4.51. The standard InChI is InChI=1S/C31H44BN5O9S/c1-19(2)27(28(42)34-17-24(39)35-22-7-5-21(6-8-22)18-46-30(32)44)36-29(43)31(4,47)13-16-45-20(3)11-14-33-23(38)12-15-37-25(40)9-10-26(37)41/h5-8,19-20,27,47H,9-18H2,1-4H3,(H,33,38)(H,34,42)(H,35,39)(H,36,43). The molecule has 0 spiro atoms. The van der Waals surface area contributed by atoms with Crippen LogP contribution in [0.5, 0.6) is 0 Å². The Hall–Kier alpha value is -3.92. The van der Waals surface area contributed by atoms with Crippen molar-refractivity contribution in [3.05, 3.63) is 29.8 Å². The first-order valence-electron chi connectivity index (χ1n) is 15.4. The van der Waals surface area contributed by atoms with Gasteiger partial charge in [0.05, 0.1) is 17.4 Å². The maximum absolute atomic E-state index is 13.1. The summed E-state index contributed by atoms with van der Waals surface area (Å²) in [6, 6.07) is 5.60. The summed E-state index contributed by atoms with van der Waals surface area (Å²) in [4.78, 5) is 85.6. The Balaban J connectivity index is 1.70. The van der Waals surface area contributed by atoms with E-state index in [1.54, 1.807) is 45.0 Å². The summed E-state index contributed by atoms with van der Waals surface area (Å²) in [6.45, 7) is 7.24. The van der Waals surface area contributed by atoms with Crippen LogP contribution in [-0.2, 0) is 44.8 Å². The van der Waals surface area contributed by atoms with E-state index in [4.69, 9.17) is 17.3 Å². The lowest BCUT2D eigenvalue weighted by molar-refractivity contribution is -0.138. The summed E-state index contributed by atoms with van der Waals surface area (Å²) < 4.78 is 9.34. The van der Waals surface area contributed by atoms with Crippen LogP contribution in [-0.4, -0.2) is 97.2 Å². The zero-order valence-corrected chi connectivity index (χ0v) is 28.2. The maximum Gasteiger partial charge on any atom is 0.243 e. The summed E-state index contributed by atoms with van der Waals surface area (Å²) in [5, 5.41) is 10.7. The molecular weight excluding hydrogens is 629 g/mol. The number of nitrogens with zero attached hydrogens (tertiary/aromatic N) is 1. The quantitative estimate of drug-likeness (QED) is 0.0817. The van der Waals surface area contributed by atoms with E-state index in [-0.39, 0.29) is 81.7 Å². The van der Waals surface area contributed by atoms with E-state index >= 15 is 0 Å². The Labute approximate surface area is 281 Å². The Morgan fingerprint density at radius 3 is 2.23 bits per heavy atom. The second kappa shape index (κ2) is 19.0. The molecule has 0 aliphatic carbocycles. The van der Waals surface area contributed by atoms with E-state index in [0.29, 0.717) is 24.2 Å². The monoisotopic (exact) mass is 673 g/mol. The number of hydrogen-bond acceptors (Lipinski definition) is 10. The Morgan fingerprint density at radius 2 is 1.64 bits per heavy atom. The number of ether oxygens (including phenoxy) is 2. The fourth-order valence-electron chi connectivity index (χ4n) is 4.40. The number of amides is 6. The topological polar surface area (TPSA) is 189 Å². The minimum Gasteiger partial charge on any atom is -0.470 e. The lowest BCUT2D eigenvalue weighted by Crippen LogP contribution is -2.55. The minimum absolute atomic E-state index is 0.00220. The first-order chi connectivity index (χ1) is 22.1. The van der Waals surface area contributed by atoms with Crippen LogP contribution >= 0.6 is 12.6 Å². The van der Waals surface area contributed by atoms with Crippen LogP contribution in [0.15, 0.2) is 24.3 Å². The normalized spacial score (nSPS) is 15.4. The molecule has 1 heterocycles. The van der Waals surface area contributed by atoms with Crippen molar-refractivity contribution in [3.8, 4) is 0 Å². The number of thiol groups is 1. The molecule has 4 N–H and O–H groups in total. The summed E-state index contributed by atoms with van der Waals surface area (Å²) in [7, 11) is 4.95. The number of anilines is 1. The molecule has 0 bridgehead atoms. The first kappa shape index (κ1) is 39.3. The zero-order valence-electron chi connectivity index (χ0n) is 27.3. The molecule has 3 unspecified atom stereocenters. The molecule has 2 radical (unpaired) electrons. The van der Waals surface area contributed by atoms with E-state index < -0.39 is 34.4 Å². The van der Waals surface area contributed by atoms with Crippen LogP contribution in [0.3, 0.4) is 0 Å². The zero-order chi connectivity index (χ0) is 35.1. The van der Waals surface area contributed by atoms with Gasteiger partial charge >= 0.3 is 0 Å². The number of carbonyl (C=O) groups is 7. The van der Waals surface area contributed by atoms with Crippen molar-refractivity contribution in [2.24, 2.45) is 5.92 Å². The van der Waals surface area contributed by atoms with Crippen LogP contribution in [0.1, 0.15) is 65.4 Å². The van der Waals surface area contributed by atoms with Gasteiger partial charge in [0, 0.05) is 44.6 Å². The molecule has 0 saturated carbocycles. The first-order valence-corrected chi connectivity index (χ1v) is 15.9. The van der Waals surface area contributed by atoms with E-state index in [1.807, 2.05) is 6.92 Å². The van der Waals surface area contributed by atoms with Gasteiger partial charge in [0.2, 0.25) is 49.2 Å². The molecule has 1 fully saturated rings. The molecule has 1 aliphatic rings. The van der Waals surface area contributed by atoms with E-state index in [2.05, 4.69) is 33.9 Å². The predicted molar refractivity (Wildman–Crippen MR) is 176 cm³/mol. The van der Waals surface area contributed by atoms with Crippen LogP contribution < -0.4 is 21.3 Å². The van der Waals surface area contributed by atoms with E-state index in [0.717, 1.165) is 4.90 Å². The minimum atomic E-state index is -1.17. The number of nitrogens with one attached hydrogen (secondary N) is 4. The molecule has 1 aromatic rings. The molecule has 1 aromatic carbocycles. The second-order valence-electron chi connectivity index (χ2n) is 11.8. The molecular formula is C31H44BN5O9S. The third kappa shape index (κ3) is 14.2. The van der Waals surface area contributed by atoms with Crippen molar-refractivity contribution < 1.29 is 43.0 Å². The number of carbonyl (C=O) groups excluding carboxylic acids is 7. The Morgan fingerprint density at radius 1 is 1.00 bits per heavy atom. The smallest absolute Gasteiger partial charge is 0.243 e. The Bertz CT molecular complexity index is 1280. The van der Waals surface area contributed by atoms with Gasteiger partial charge in [-0.15, -0.1) is 0 Å². The lowest BCUT2D eigenvalue weighted by Gasteiger charge is -2.28. The van der Waals surface area contributed by atoms with Gasteiger partial charge in [0.15, 0.2) is 0 Å². The molecule has 2 rings (SSSR count). The van der Waals surface area contributed by atoms with Gasteiger partial charge in [-0.05, 0) is 50.3 Å². The van der Waals surface area contributed by atoms with E-state index in [1.165, 1.54) is 0 Å². The van der Waals surface area contributed by atoms with Crippen molar-refractivity contribution in [1.29, 1.82) is 0 Å². The molecule has 1 saturated heterocycles. The van der Waals surface area contributed by atoms with Crippen molar-refractivity contribution in [2.75, 3.05) is 31.6 Å². The number of likely N-dealkylation sites (tertiary alicyclic amines) is 1. The van der Waals surface area contributed by atoms with Crippen molar-refractivity contribution in [3.63, 3.8) is 0 Å². The molecule has 0 aromatic heterocycles. The van der Waals surface area contributed by atoms with E-state index in [9.17, 15) is 33.6 Å². The number of benzene rings is 1. The van der Waals surface area contributed by atoms with Crippen LogP contribution in [0.4, 0.5) is 10.5 Å². The fourth-order valence-corrected chi connectivity index (χ4v) is 4.55. The van der Waals surface area contributed by atoms with Gasteiger partial charge in [-0.1, -0.05) is 26.0 Å². The highest BCUT2D eigenvalue weighted by Crippen LogP contribution is 2.20. The molecule has 6 amide bonds. The third-order valence-electron chi connectivity index (χ3n) is 7.35. The molecule has 16 heteroatoms. The van der Waals surface area contributed by atoms with Gasteiger partial charge in [0.25, 0.3) is 0 Å². The highest BCUT2D eigenvalue weighted by molar-refractivity contribution is 7.82. The Kier molecular flexibility index (Phi) is 15.9. The average Bonchev–Trinajstić information content (AvgIpc) is 3.32. The summed E-state index contributed by atoms with van der Waals surface area (Å²) in [6.07, 6.45) is 0.915. The van der Waals surface area contributed by atoms with Crippen LogP contribution in [0, 0.1) is 5.92 Å². The SMILES string of the molecule is [B]C(=O)OCc1ccc(NC(=O)CNC(=O)C(NC(=O)C(C)(S)CCOC(C)CCNC(=O)CCN2C(=O)CCC2=O)C(C)C)cc1. The highest BCUT2D eigenvalue weighted by atomic mass is 32.1. The lowest BCUT2D eigenvalue weighted by atomic mass is 10.0. The van der Waals surface area contributed by atoms with Gasteiger partial charge in [0.1, 0.15) is 12.6 Å². The van der Waals surface area contributed by atoms with Crippen molar-refractivity contribution in [2.45, 2.75) is 83.3 Å². The van der Waals surface area contributed by atoms with Crippen molar-refractivity contribution >= 4 is 67.5 Å². The molecule has 47 heavy (non-hydrogen) atoms. The number of hydrogen-bond donors (Lipinski definition) is 5. The molecule has 1 aliphatic heterocycles. The van der Waals surface area contributed by atoms with Crippen LogP contribution in [0.25, 0.3) is 0 Å². The van der Waals surface area contributed by atoms with Crippen LogP contribution in [0.2, 0.25) is 0 Å². The third-order valence-corrected chi connectivity index (χ3v) is 7.78. The van der Waals surface area contributed by atoms with Crippen molar-refractivity contribution in [1.82, 2.24) is 20.9 Å². The largest absolute Gasteiger partial charge is 0.470 e. The summed E-state index contributed by atoms with van der Waals surface area (Å²) in [5.41, 5.74) is 1.15. The number of rotatable bonds is 19. The second-order valence-corrected chi connectivity index (χ2v) is 12.8. The maximum atomic E-state index is 13.1. The van der Waals surface area contributed by atoms with Gasteiger partial charge in [-0.3, -0.25) is 38.5 Å². The fraction of sp³-hybridized carbons (Fsp3) is 0.581. The number of imide groups is 1. The highest BCUT2D eigenvalue weighted by Gasteiger charge is 2.34. The molecule has 3 atom stereocenters. The van der Waals surface area contributed by atoms with Gasteiger partial charge in [-0.25, -0.2) is 0 Å². The van der Waals surface area contributed by atoms with Gasteiger partial charge in [-0.2, -0.15) is 12.6 Å². The predicted octanol–water partition coefficient (Wildman–Crippen LogP) is 1.22. The molecule has 256 valence electrons.